The minimum absolute atomic E-state index is 0.0498. The van der Waals surface area contributed by atoms with Gasteiger partial charge in [-0.2, -0.15) is 0 Å². The van der Waals surface area contributed by atoms with Gasteiger partial charge in [0.15, 0.2) is 0 Å². The van der Waals surface area contributed by atoms with Crippen molar-refractivity contribution in [2.24, 2.45) is 0 Å². The number of nitrogens with zero attached hydrogens (tertiary/aromatic N) is 1. The summed E-state index contributed by atoms with van der Waals surface area (Å²) in [6.07, 6.45) is 0.920. The third-order valence-electron chi connectivity index (χ3n) is 2.63. The highest BCUT2D eigenvalue weighted by atomic mass is 16.4. The number of aliphatic hydroxyl groups is 2. The molecule has 0 bridgehead atoms. The van der Waals surface area contributed by atoms with Gasteiger partial charge in [0.2, 0.25) is 0 Å². The molecule has 0 aromatic rings. The van der Waals surface area contributed by atoms with Gasteiger partial charge in [-0.1, -0.05) is 13.3 Å². The van der Waals surface area contributed by atoms with E-state index in [1.807, 2.05) is 6.92 Å². The van der Waals surface area contributed by atoms with Gasteiger partial charge >= 0.3 is 12.0 Å². The van der Waals surface area contributed by atoms with Gasteiger partial charge in [-0.3, -0.25) is 0 Å². The van der Waals surface area contributed by atoms with Crippen LogP contribution in [-0.4, -0.2) is 64.1 Å². The van der Waals surface area contributed by atoms with Crippen molar-refractivity contribution in [3.63, 3.8) is 0 Å². The predicted molar refractivity (Wildman–Crippen MR) is 65.2 cm³/mol. The lowest BCUT2D eigenvalue weighted by Gasteiger charge is -2.30. The van der Waals surface area contributed by atoms with Gasteiger partial charge in [-0.05, 0) is 13.3 Å². The predicted octanol–water partition coefficient (Wildman–Crippen LogP) is -0.374. The summed E-state index contributed by atoms with van der Waals surface area (Å²) in [4.78, 5) is 24.2. The maximum atomic E-state index is 11.8. The van der Waals surface area contributed by atoms with Crippen molar-refractivity contribution in [3.8, 4) is 0 Å². The minimum Gasteiger partial charge on any atom is -0.480 e. The van der Waals surface area contributed by atoms with E-state index in [9.17, 15) is 9.59 Å². The summed E-state index contributed by atoms with van der Waals surface area (Å²) in [6, 6.07) is -0.601. The van der Waals surface area contributed by atoms with Crippen LogP contribution in [0.2, 0.25) is 0 Å². The highest BCUT2D eigenvalue weighted by Crippen LogP contribution is 2.13. The van der Waals surface area contributed by atoms with Crippen LogP contribution in [0.15, 0.2) is 0 Å². The maximum Gasteiger partial charge on any atom is 0.329 e. The second-order valence-electron chi connectivity index (χ2n) is 4.25. The normalized spacial score (nSPS) is 13.8. The van der Waals surface area contributed by atoms with Crippen molar-refractivity contribution < 1.29 is 24.9 Å². The largest absolute Gasteiger partial charge is 0.480 e. The Kier molecular flexibility index (Phi) is 7.30. The van der Waals surface area contributed by atoms with E-state index in [1.165, 1.54) is 11.8 Å². The van der Waals surface area contributed by atoms with Crippen LogP contribution in [0.3, 0.4) is 0 Å². The third-order valence-corrected chi connectivity index (χ3v) is 2.63. The summed E-state index contributed by atoms with van der Waals surface area (Å²) >= 11 is 0. The maximum absolute atomic E-state index is 11.8. The Morgan fingerprint density at radius 2 is 1.72 bits per heavy atom. The van der Waals surface area contributed by atoms with Gasteiger partial charge in [0.25, 0.3) is 0 Å². The molecule has 0 aromatic carbocycles. The number of rotatable bonds is 8. The summed E-state index contributed by atoms with van der Waals surface area (Å²) in [6.45, 7) is 2.87. The van der Waals surface area contributed by atoms with Crippen LogP contribution >= 0.6 is 0 Å². The molecule has 4 N–H and O–H groups in total. The molecular weight excluding hydrogens is 240 g/mol. The summed E-state index contributed by atoms with van der Waals surface area (Å²) in [5.41, 5.74) is -1.34. The van der Waals surface area contributed by atoms with Crippen molar-refractivity contribution in [1.82, 2.24) is 10.2 Å². The van der Waals surface area contributed by atoms with Gasteiger partial charge in [0.1, 0.15) is 5.54 Å². The van der Waals surface area contributed by atoms with Crippen molar-refractivity contribution in [3.05, 3.63) is 0 Å². The first kappa shape index (κ1) is 16.7. The van der Waals surface area contributed by atoms with Gasteiger partial charge in [-0.25, -0.2) is 9.59 Å². The second kappa shape index (κ2) is 7.88. The molecule has 2 amide bonds. The van der Waals surface area contributed by atoms with Gasteiger partial charge in [-0.15, -0.1) is 0 Å². The summed E-state index contributed by atoms with van der Waals surface area (Å²) < 4.78 is 0. The van der Waals surface area contributed by atoms with Gasteiger partial charge in [0.05, 0.1) is 13.2 Å². The molecule has 0 radical (unpaired) electrons. The van der Waals surface area contributed by atoms with Crippen LogP contribution in [0.1, 0.15) is 26.7 Å². The molecule has 1 unspecified atom stereocenters. The number of amides is 2. The van der Waals surface area contributed by atoms with Crippen molar-refractivity contribution in [2.45, 2.75) is 32.2 Å². The Labute approximate surface area is 106 Å². The van der Waals surface area contributed by atoms with Crippen LogP contribution in [-0.2, 0) is 4.79 Å². The average Bonchev–Trinajstić information content (AvgIpc) is 2.28. The van der Waals surface area contributed by atoms with Crippen LogP contribution in [0, 0.1) is 0 Å². The van der Waals surface area contributed by atoms with E-state index in [0.29, 0.717) is 12.8 Å². The topological polar surface area (TPSA) is 110 Å². The number of aliphatic carboxylic acids is 1. The smallest absolute Gasteiger partial charge is 0.329 e. The lowest BCUT2D eigenvalue weighted by molar-refractivity contribution is -0.144. The zero-order chi connectivity index (χ0) is 14.2. The molecule has 0 aliphatic rings. The molecule has 0 aliphatic heterocycles. The Bertz CT molecular complexity index is 279. The highest BCUT2D eigenvalue weighted by molar-refractivity contribution is 5.85. The second-order valence-corrected chi connectivity index (χ2v) is 4.25. The first-order valence-electron chi connectivity index (χ1n) is 5.93. The summed E-state index contributed by atoms with van der Waals surface area (Å²) in [5.74, 6) is -1.11. The Hall–Kier alpha value is -1.34. The molecule has 18 heavy (non-hydrogen) atoms. The lowest BCUT2D eigenvalue weighted by atomic mass is 9.96. The molecule has 0 aliphatic carbocycles. The molecule has 0 spiro atoms. The monoisotopic (exact) mass is 262 g/mol. The molecule has 106 valence electrons. The van der Waals surface area contributed by atoms with Crippen molar-refractivity contribution >= 4 is 12.0 Å². The van der Waals surface area contributed by atoms with E-state index in [1.54, 1.807) is 0 Å². The van der Waals surface area contributed by atoms with E-state index in [2.05, 4.69) is 5.32 Å². The van der Waals surface area contributed by atoms with Gasteiger partial charge < -0.3 is 25.5 Å². The summed E-state index contributed by atoms with van der Waals surface area (Å²) in [7, 11) is 0. The highest BCUT2D eigenvalue weighted by Gasteiger charge is 2.34. The van der Waals surface area contributed by atoms with E-state index < -0.39 is 17.5 Å². The third kappa shape index (κ3) is 4.89. The Balaban J connectivity index is 4.70. The fourth-order valence-corrected chi connectivity index (χ4v) is 1.59. The number of hydrogen-bond donors (Lipinski definition) is 4. The quantitative estimate of drug-likeness (QED) is 0.477. The molecule has 0 saturated heterocycles. The number of carbonyl (C=O) groups excluding carboxylic acids is 1. The number of urea groups is 1. The standard InChI is InChI=1S/C11H22N2O5/c1-3-4-11(2,9(16)17)12-10(18)13(5-7-14)6-8-15/h14-15H,3-8H2,1-2H3,(H,12,18)(H,16,17). The molecule has 0 saturated carbocycles. The molecule has 7 heteroatoms. The van der Waals surface area contributed by atoms with E-state index >= 15 is 0 Å². The number of nitrogens with one attached hydrogen (secondary N) is 1. The minimum atomic E-state index is -1.34. The van der Waals surface area contributed by atoms with Crippen molar-refractivity contribution in [2.75, 3.05) is 26.3 Å². The molecular formula is C11H22N2O5. The molecule has 7 nitrogen and oxygen atoms in total. The van der Waals surface area contributed by atoms with Crippen LogP contribution in [0.4, 0.5) is 4.79 Å². The SMILES string of the molecule is CCCC(C)(NC(=O)N(CCO)CCO)C(=O)O. The first-order valence-corrected chi connectivity index (χ1v) is 5.93. The zero-order valence-electron chi connectivity index (χ0n) is 10.8. The number of carboxylic acid groups (broad SMARTS) is 1. The number of carboxylic acids is 1. The van der Waals surface area contributed by atoms with E-state index in [4.69, 9.17) is 15.3 Å². The fraction of sp³-hybridized carbons (Fsp3) is 0.818. The Morgan fingerprint density at radius 1 is 1.22 bits per heavy atom. The molecule has 0 rings (SSSR count). The zero-order valence-corrected chi connectivity index (χ0v) is 10.8. The van der Waals surface area contributed by atoms with Crippen molar-refractivity contribution in [1.29, 1.82) is 0 Å². The molecule has 0 fully saturated rings. The average molecular weight is 262 g/mol. The number of carbonyl (C=O) groups is 2. The molecule has 1 atom stereocenters. The van der Waals surface area contributed by atoms with Gasteiger partial charge in [0, 0.05) is 13.1 Å². The number of aliphatic hydroxyl groups excluding tert-OH is 2. The Morgan fingerprint density at radius 3 is 2.06 bits per heavy atom. The lowest BCUT2D eigenvalue weighted by Crippen LogP contribution is -2.56. The molecule has 0 aromatic heterocycles. The number of hydrogen-bond acceptors (Lipinski definition) is 4. The molecule has 0 heterocycles. The summed E-state index contributed by atoms with van der Waals surface area (Å²) in [5, 5.41) is 29.2. The van der Waals surface area contributed by atoms with E-state index in [-0.39, 0.29) is 26.3 Å². The van der Waals surface area contributed by atoms with Crippen LogP contribution in [0.5, 0.6) is 0 Å². The van der Waals surface area contributed by atoms with Crippen LogP contribution < -0.4 is 5.32 Å². The van der Waals surface area contributed by atoms with E-state index in [0.717, 1.165) is 0 Å². The fourth-order valence-electron chi connectivity index (χ4n) is 1.59. The van der Waals surface area contributed by atoms with Crippen LogP contribution in [0.25, 0.3) is 0 Å². The first-order chi connectivity index (χ1) is 8.41.